The second-order valence-electron chi connectivity index (χ2n) is 6.83. The molecule has 0 aliphatic heterocycles. The molecule has 1 nitrogen and oxygen atoms in total. The summed E-state index contributed by atoms with van der Waals surface area (Å²) in [6, 6.07) is 10.5. The van der Waals surface area contributed by atoms with Gasteiger partial charge in [0, 0.05) is 17.9 Å². The molecule has 1 rings (SSSR count). The first-order valence-electron chi connectivity index (χ1n) is 7.11. The minimum atomic E-state index is -1.72. The van der Waals surface area contributed by atoms with Crippen molar-refractivity contribution in [1.82, 2.24) is 0 Å². The lowest BCUT2D eigenvalue weighted by Crippen LogP contribution is -2.41. The third-order valence-electron chi connectivity index (χ3n) is 4.28. The zero-order chi connectivity index (χ0) is 15.4. The Morgan fingerprint density at radius 3 is 2.25 bits per heavy atom. The summed E-state index contributed by atoms with van der Waals surface area (Å²) in [5.41, 5.74) is 2.46. The molecule has 0 heterocycles. The quantitative estimate of drug-likeness (QED) is 0.359. The number of hydrogen-bond donors (Lipinski definition) is 0. The summed E-state index contributed by atoms with van der Waals surface area (Å²) >= 11 is 3.53. The first-order valence-corrected chi connectivity index (χ1v) is 11.1. The van der Waals surface area contributed by atoms with Crippen molar-refractivity contribution in [3.05, 3.63) is 48.0 Å². The molecular formula is C17H27BrOSi. The Bertz CT molecular complexity index is 434. The minimum Gasteiger partial charge on any atom is -0.416 e. The van der Waals surface area contributed by atoms with Crippen LogP contribution in [0.15, 0.2) is 42.5 Å². The van der Waals surface area contributed by atoms with Gasteiger partial charge in [0.15, 0.2) is 8.32 Å². The summed E-state index contributed by atoms with van der Waals surface area (Å²) in [7, 11) is -1.72. The normalized spacial score (nSPS) is 14.1. The van der Waals surface area contributed by atoms with E-state index in [-0.39, 0.29) is 11.0 Å². The summed E-state index contributed by atoms with van der Waals surface area (Å²) in [6.45, 7) is 16.3. The van der Waals surface area contributed by atoms with E-state index in [0.29, 0.717) is 0 Å². The lowest BCUT2D eigenvalue weighted by molar-refractivity contribution is 0.274. The van der Waals surface area contributed by atoms with Gasteiger partial charge in [-0.1, -0.05) is 79.2 Å². The Balaban J connectivity index is 2.86. The van der Waals surface area contributed by atoms with Crippen LogP contribution in [0.3, 0.4) is 0 Å². The Labute approximate surface area is 133 Å². The Kier molecular flexibility index (Phi) is 6.23. The van der Waals surface area contributed by atoms with Crippen LogP contribution in [0.5, 0.6) is 0 Å². The van der Waals surface area contributed by atoms with Crippen LogP contribution < -0.4 is 0 Å². The van der Waals surface area contributed by atoms with Crippen LogP contribution in [0.2, 0.25) is 18.1 Å². The maximum atomic E-state index is 6.39. The van der Waals surface area contributed by atoms with Crippen molar-refractivity contribution in [2.45, 2.75) is 44.8 Å². The van der Waals surface area contributed by atoms with Gasteiger partial charge in [0.1, 0.15) is 0 Å². The molecule has 0 spiro atoms. The van der Waals surface area contributed by atoms with E-state index in [1.54, 1.807) is 0 Å². The van der Waals surface area contributed by atoms with Crippen LogP contribution >= 0.6 is 15.9 Å². The van der Waals surface area contributed by atoms with Crippen LogP contribution in [-0.4, -0.2) is 20.3 Å². The molecule has 0 aliphatic rings. The molecule has 0 bridgehead atoms. The smallest absolute Gasteiger partial charge is 0.192 e. The van der Waals surface area contributed by atoms with Crippen molar-refractivity contribution in [2.75, 3.05) is 11.9 Å². The average Bonchev–Trinajstić information content (AvgIpc) is 2.38. The SMILES string of the molecule is C=C(CBr)C(CO[Si](C)(C)C(C)(C)C)c1ccccc1. The topological polar surface area (TPSA) is 9.23 Å². The van der Waals surface area contributed by atoms with E-state index >= 15 is 0 Å². The van der Waals surface area contributed by atoms with Crippen molar-refractivity contribution in [2.24, 2.45) is 0 Å². The average molecular weight is 355 g/mol. The third kappa shape index (κ3) is 4.57. The largest absolute Gasteiger partial charge is 0.416 e. The highest BCUT2D eigenvalue weighted by Crippen LogP contribution is 2.38. The molecule has 0 aliphatic carbocycles. The molecule has 0 radical (unpaired) electrons. The lowest BCUT2D eigenvalue weighted by Gasteiger charge is -2.37. The van der Waals surface area contributed by atoms with E-state index in [0.717, 1.165) is 11.9 Å². The third-order valence-corrected chi connectivity index (χ3v) is 9.50. The van der Waals surface area contributed by atoms with Crippen molar-refractivity contribution < 1.29 is 4.43 Å². The van der Waals surface area contributed by atoms with Crippen LogP contribution in [0.25, 0.3) is 0 Å². The summed E-state index contributed by atoms with van der Waals surface area (Å²) in [6.07, 6.45) is 0. The van der Waals surface area contributed by atoms with Gasteiger partial charge in [0.25, 0.3) is 0 Å². The predicted molar refractivity (Wildman–Crippen MR) is 95.3 cm³/mol. The summed E-state index contributed by atoms with van der Waals surface area (Å²) < 4.78 is 6.39. The Morgan fingerprint density at radius 2 is 1.80 bits per heavy atom. The second kappa shape index (κ2) is 7.06. The molecule has 1 aromatic rings. The van der Waals surface area contributed by atoms with Crippen LogP contribution in [0, 0.1) is 0 Å². The number of halogens is 1. The second-order valence-corrected chi connectivity index (χ2v) is 12.2. The Morgan fingerprint density at radius 1 is 1.25 bits per heavy atom. The van der Waals surface area contributed by atoms with Gasteiger partial charge < -0.3 is 4.43 Å². The molecule has 0 saturated carbocycles. The predicted octanol–water partition coefficient (Wildman–Crippen LogP) is 5.74. The van der Waals surface area contributed by atoms with Crippen LogP contribution in [0.4, 0.5) is 0 Å². The standard InChI is InChI=1S/C17H27BrOSi/c1-14(12-18)16(15-10-8-7-9-11-15)13-19-20(5,6)17(2,3)4/h7-11,16H,1,12-13H2,2-6H3. The van der Waals surface area contributed by atoms with Crippen LogP contribution in [0.1, 0.15) is 32.3 Å². The maximum Gasteiger partial charge on any atom is 0.192 e. The fourth-order valence-electron chi connectivity index (χ4n) is 1.74. The van der Waals surface area contributed by atoms with Crippen molar-refractivity contribution >= 4 is 24.2 Å². The highest BCUT2D eigenvalue weighted by molar-refractivity contribution is 9.09. The molecule has 3 heteroatoms. The summed E-state index contributed by atoms with van der Waals surface area (Å²) in [5.74, 6) is 0.268. The van der Waals surface area contributed by atoms with E-state index in [2.05, 4.69) is 80.6 Å². The molecule has 1 unspecified atom stereocenters. The van der Waals surface area contributed by atoms with Gasteiger partial charge in [-0.2, -0.15) is 0 Å². The van der Waals surface area contributed by atoms with Gasteiger partial charge in [-0.05, 0) is 23.7 Å². The van der Waals surface area contributed by atoms with Gasteiger partial charge in [-0.25, -0.2) is 0 Å². The van der Waals surface area contributed by atoms with Crippen molar-refractivity contribution in [3.8, 4) is 0 Å². The monoisotopic (exact) mass is 354 g/mol. The molecular weight excluding hydrogens is 328 g/mol. The Hall–Kier alpha value is -0.383. The number of alkyl halides is 1. The van der Waals surface area contributed by atoms with Crippen LogP contribution in [-0.2, 0) is 4.43 Å². The highest BCUT2D eigenvalue weighted by atomic mass is 79.9. The number of rotatable bonds is 6. The van der Waals surface area contributed by atoms with Gasteiger partial charge >= 0.3 is 0 Å². The molecule has 0 N–H and O–H groups in total. The van der Waals surface area contributed by atoms with Gasteiger partial charge in [-0.3, -0.25) is 0 Å². The van der Waals surface area contributed by atoms with Gasteiger partial charge in [0.2, 0.25) is 0 Å². The molecule has 1 aromatic carbocycles. The first kappa shape index (κ1) is 17.7. The first-order chi connectivity index (χ1) is 9.19. The zero-order valence-corrected chi connectivity index (χ0v) is 16.0. The van der Waals surface area contributed by atoms with E-state index in [9.17, 15) is 0 Å². The van der Waals surface area contributed by atoms with Crippen molar-refractivity contribution in [1.29, 1.82) is 0 Å². The molecule has 20 heavy (non-hydrogen) atoms. The van der Waals surface area contributed by atoms with E-state index < -0.39 is 8.32 Å². The zero-order valence-electron chi connectivity index (χ0n) is 13.4. The molecule has 112 valence electrons. The molecule has 0 aromatic heterocycles. The fraction of sp³-hybridized carbons (Fsp3) is 0.529. The molecule has 0 fully saturated rings. The lowest BCUT2D eigenvalue weighted by atomic mass is 9.94. The molecule has 1 atom stereocenters. The number of benzene rings is 1. The molecule has 0 amide bonds. The van der Waals surface area contributed by atoms with E-state index in [4.69, 9.17) is 4.43 Å². The fourth-order valence-corrected chi connectivity index (χ4v) is 3.14. The summed E-state index contributed by atoms with van der Waals surface area (Å²) in [4.78, 5) is 0. The summed E-state index contributed by atoms with van der Waals surface area (Å²) in [5, 5.41) is 1.05. The van der Waals surface area contributed by atoms with Crippen molar-refractivity contribution in [3.63, 3.8) is 0 Å². The van der Waals surface area contributed by atoms with E-state index in [1.807, 2.05) is 6.07 Å². The highest BCUT2D eigenvalue weighted by Gasteiger charge is 2.37. The van der Waals surface area contributed by atoms with Gasteiger partial charge in [-0.15, -0.1) is 0 Å². The van der Waals surface area contributed by atoms with Gasteiger partial charge in [0.05, 0.1) is 0 Å². The number of hydrogen-bond acceptors (Lipinski definition) is 1. The molecule has 0 saturated heterocycles. The van der Waals surface area contributed by atoms with E-state index in [1.165, 1.54) is 11.1 Å². The maximum absolute atomic E-state index is 6.39. The minimum absolute atomic E-state index is 0.240.